The number of thioether (sulfide) groups is 1. The molecule has 112 valence electrons. The molecule has 0 aliphatic carbocycles. The van der Waals surface area contributed by atoms with Gasteiger partial charge in [-0.1, -0.05) is 11.6 Å². The van der Waals surface area contributed by atoms with E-state index in [1.165, 1.54) is 30.0 Å². The van der Waals surface area contributed by atoms with Crippen LogP contribution in [-0.4, -0.2) is 37.5 Å². The van der Waals surface area contributed by atoms with Crippen molar-refractivity contribution in [2.24, 2.45) is 0 Å². The molecule has 0 unspecified atom stereocenters. The molecule has 0 aromatic heterocycles. The molecule has 0 radical (unpaired) electrons. The first-order valence-electron chi connectivity index (χ1n) is 5.47. The van der Waals surface area contributed by atoms with Crippen LogP contribution in [0.1, 0.15) is 6.42 Å². The Morgan fingerprint density at radius 3 is 2.70 bits per heavy atom. The lowest BCUT2D eigenvalue weighted by Gasteiger charge is -2.14. The highest BCUT2D eigenvalue weighted by Gasteiger charge is 2.25. The number of carboxylic acids is 1. The molecule has 5 nitrogen and oxygen atoms in total. The third-order valence-corrected chi connectivity index (χ3v) is 5.73. The van der Waals surface area contributed by atoms with Crippen LogP contribution in [0.5, 0.6) is 0 Å². The minimum Gasteiger partial charge on any atom is -0.480 e. The third-order valence-electron chi connectivity index (χ3n) is 2.41. The maximum atomic E-state index is 12.1. The van der Waals surface area contributed by atoms with Gasteiger partial charge in [-0.15, -0.1) is 0 Å². The van der Waals surface area contributed by atoms with Crippen molar-refractivity contribution in [2.45, 2.75) is 17.4 Å². The van der Waals surface area contributed by atoms with Gasteiger partial charge in [0.1, 0.15) is 6.04 Å². The molecule has 0 aliphatic rings. The number of halogens is 2. The van der Waals surface area contributed by atoms with Crippen LogP contribution in [-0.2, 0) is 14.8 Å². The normalized spacial score (nSPS) is 13.2. The van der Waals surface area contributed by atoms with Crippen LogP contribution in [0.15, 0.2) is 27.6 Å². The first kappa shape index (κ1) is 17.8. The highest BCUT2D eigenvalue weighted by molar-refractivity contribution is 9.10. The number of aliphatic carboxylic acids is 1. The standard InChI is InChI=1S/C11H13BrClNO4S2/c1-19-5-4-10(11(15)16)14-20(17,18)7-2-3-9(13)8(12)6-7/h2-3,6,10,14H,4-5H2,1H3,(H,15,16)/t10-/m0/s1. The van der Waals surface area contributed by atoms with Crippen molar-refractivity contribution in [2.75, 3.05) is 12.0 Å². The van der Waals surface area contributed by atoms with Gasteiger partial charge in [0.05, 0.1) is 9.92 Å². The Labute approximate surface area is 135 Å². The van der Waals surface area contributed by atoms with Crippen molar-refractivity contribution >= 4 is 55.3 Å². The summed E-state index contributed by atoms with van der Waals surface area (Å²) >= 11 is 10.4. The number of rotatable bonds is 7. The molecule has 1 rings (SSSR count). The first-order valence-corrected chi connectivity index (χ1v) is 9.52. The lowest BCUT2D eigenvalue weighted by atomic mass is 10.2. The fraction of sp³-hybridized carbons (Fsp3) is 0.364. The Balaban J connectivity index is 2.97. The van der Waals surface area contributed by atoms with Crippen molar-refractivity contribution in [3.8, 4) is 0 Å². The zero-order valence-corrected chi connectivity index (χ0v) is 14.4. The Hall–Kier alpha value is -0.280. The lowest BCUT2D eigenvalue weighted by Crippen LogP contribution is -2.41. The van der Waals surface area contributed by atoms with Gasteiger partial charge in [0.15, 0.2) is 0 Å². The van der Waals surface area contributed by atoms with Crippen LogP contribution in [0.2, 0.25) is 5.02 Å². The van der Waals surface area contributed by atoms with Crippen LogP contribution in [0, 0.1) is 0 Å². The molecular weight excluding hydrogens is 390 g/mol. The van der Waals surface area contributed by atoms with E-state index in [0.29, 0.717) is 15.2 Å². The molecule has 2 N–H and O–H groups in total. The number of benzene rings is 1. The Morgan fingerprint density at radius 1 is 1.55 bits per heavy atom. The first-order chi connectivity index (χ1) is 9.27. The second kappa shape index (κ2) is 7.65. The van der Waals surface area contributed by atoms with Crippen molar-refractivity contribution in [1.29, 1.82) is 0 Å². The molecule has 1 aromatic carbocycles. The van der Waals surface area contributed by atoms with Crippen molar-refractivity contribution in [3.05, 3.63) is 27.7 Å². The topological polar surface area (TPSA) is 83.5 Å². The van der Waals surface area contributed by atoms with E-state index in [0.717, 1.165) is 0 Å². The third kappa shape index (κ3) is 4.92. The summed E-state index contributed by atoms with van der Waals surface area (Å²) in [7, 11) is -3.90. The Bertz CT molecular complexity index is 594. The van der Waals surface area contributed by atoms with Gasteiger partial charge in [-0.3, -0.25) is 4.79 Å². The summed E-state index contributed by atoms with van der Waals surface area (Å²) in [6, 6.07) is 2.93. The van der Waals surface area contributed by atoms with Gasteiger partial charge in [-0.05, 0) is 52.6 Å². The number of carboxylic acid groups (broad SMARTS) is 1. The second-order valence-electron chi connectivity index (χ2n) is 3.87. The highest BCUT2D eigenvalue weighted by atomic mass is 79.9. The largest absolute Gasteiger partial charge is 0.480 e. The van der Waals surface area contributed by atoms with E-state index in [9.17, 15) is 13.2 Å². The maximum Gasteiger partial charge on any atom is 0.321 e. The number of carbonyl (C=O) groups is 1. The number of hydrogen-bond donors (Lipinski definition) is 2. The monoisotopic (exact) mass is 401 g/mol. The van der Waals surface area contributed by atoms with Gasteiger partial charge < -0.3 is 5.11 Å². The van der Waals surface area contributed by atoms with Gasteiger partial charge in [0.2, 0.25) is 10.0 Å². The van der Waals surface area contributed by atoms with Crippen molar-refractivity contribution in [3.63, 3.8) is 0 Å². The predicted molar refractivity (Wildman–Crippen MR) is 83.9 cm³/mol. The van der Waals surface area contributed by atoms with E-state index in [1.807, 2.05) is 6.26 Å². The zero-order chi connectivity index (χ0) is 15.3. The van der Waals surface area contributed by atoms with Gasteiger partial charge in [0.25, 0.3) is 0 Å². The summed E-state index contributed by atoms with van der Waals surface area (Å²) < 4.78 is 26.9. The van der Waals surface area contributed by atoms with E-state index >= 15 is 0 Å². The van der Waals surface area contributed by atoms with E-state index in [-0.39, 0.29) is 11.3 Å². The quantitative estimate of drug-likeness (QED) is 0.732. The van der Waals surface area contributed by atoms with Gasteiger partial charge in [-0.25, -0.2) is 8.42 Å². The molecule has 0 fully saturated rings. The molecule has 0 aliphatic heterocycles. The number of sulfonamides is 1. The van der Waals surface area contributed by atoms with Crippen molar-refractivity contribution < 1.29 is 18.3 Å². The number of nitrogens with one attached hydrogen (secondary N) is 1. The molecule has 0 amide bonds. The van der Waals surface area contributed by atoms with E-state index in [1.54, 1.807) is 0 Å². The van der Waals surface area contributed by atoms with Gasteiger partial charge in [-0.2, -0.15) is 16.5 Å². The second-order valence-corrected chi connectivity index (χ2v) is 7.83. The Morgan fingerprint density at radius 2 is 2.20 bits per heavy atom. The molecule has 0 saturated carbocycles. The molecule has 0 saturated heterocycles. The summed E-state index contributed by atoms with van der Waals surface area (Å²) in [6.45, 7) is 0. The molecule has 20 heavy (non-hydrogen) atoms. The minimum absolute atomic E-state index is 0.0378. The Kier molecular flexibility index (Phi) is 6.80. The zero-order valence-electron chi connectivity index (χ0n) is 10.5. The fourth-order valence-electron chi connectivity index (χ4n) is 1.37. The molecule has 0 bridgehead atoms. The van der Waals surface area contributed by atoms with Crippen LogP contribution in [0.25, 0.3) is 0 Å². The van der Waals surface area contributed by atoms with E-state index in [2.05, 4.69) is 20.7 Å². The molecule has 0 heterocycles. The van der Waals surface area contributed by atoms with Gasteiger partial charge >= 0.3 is 5.97 Å². The maximum absolute atomic E-state index is 12.1. The summed E-state index contributed by atoms with van der Waals surface area (Å²) in [6.07, 6.45) is 2.04. The van der Waals surface area contributed by atoms with Crippen LogP contribution in [0.4, 0.5) is 0 Å². The average molecular weight is 403 g/mol. The summed E-state index contributed by atoms with van der Waals surface area (Å²) in [5.41, 5.74) is 0. The summed E-state index contributed by atoms with van der Waals surface area (Å²) in [4.78, 5) is 11.0. The van der Waals surface area contributed by atoms with Crippen molar-refractivity contribution in [1.82, 2.24) is 4.72 Å². The highest BCUT2D eigenvalue weighted by Crippen LogP contribution is 2.25. The molecule has 9 heteroatoms. The predicted octanol–water partition coefficient (Wildman–Crippen LogP) is 2.59. The summed E-state index contributed by atoms with van der Waals surface area (Å²) in [5.74, 6) is -0.653. The van der Waals surface area contributed by atoms with E-state index < -0.39 is 22.0 Å². The lowest BCUT2D eigenvalue weighted by molar-refractivity contribution is -0.139. The number of hydrogen-bond acceptors (Lipinski definition) is 4. The smallest absolute Gasteiger partial charge is 0.321 e. The van der Waals surface area contributed by atoms with Gasteiger partial charge in [0, 0.05) is 4.47 Å². The SMILES string of the molecule is CSCC[C@H](NS(=O)(=O)c1ccc(Cl)c(Br)c1)C(=O)O. The fourth-order valence-corrected chi connectivity index (χ4v) is 3.74. The minimum atomic E-state index is -3.90. The summed E-state index contributed by atoms with van der Waals surface area (Å²) in [5, 5.41) is 9.42. The van der Waals surface area contributed by atoms with Crippen LogP contribution in [0.3, 0.4) is 0 Å². The molecule has 1 atom stereocenters. The average Bonchev–Trinajstić information content (AvgIpc) is 2.37. The molecular formula is C11H13BrClNO4S2. The molecule has 1 aromatic rings. The van der Waals surface area contributed by atoms with Crippen LogP contribution < -0.4 is 4.72 Å². The van der Waals surface area contributed by atoms with Crippen LogP contribution >= 0.6 is 39.3 Å². The van der Waals surface area contributed by atoms with E-state index in [4.69, 9.17) is 16.7 Å². The molecule has 0 spiro atoms.